The van der Waals surface area contributed by atoms with Crippen LogP contribution in [0.15, 0.2) is 47.3 Å². The number of carbonyl (C=O) groups excluding carboxylic acids is 8. The van der Waals surface area contributed by atoms with Crippen LogP contribution < -0.4 is 47.4 Å². The molecule has 1 saturated heterocycles. The number of alkyl halides is 1. The molecule has 0 aliphatic carbocycles. The topological polar surface area (TPSA) is 344 Å². The van der Waals surface area contributed by atoms with Crippen LogP contribution in [-0.4, -0.2) is 126 Å². The van der Waals surface area contributed by atoms with Gasteiger partial charge in [0.25, 0.3) is 5.56 Å². The Morgan fingerprint density at radius 1 is 0.920 bits per heavy atom. The Labute approximate surface area is 520 Å². The first-order valence-electron chi connectivity index (χ1n) is 29.2. The summed E-state index contributed by atoms with van der Waals surface area (Å²) in [6.45, 7) is 11.7. The molecule has 2 unspecified atom stereocenters. The monoisotopic (exact) mass is 1340 g/mol. The predicted molar refractivity (Wildman–Crippen MR) is 327 cm³/mol. The molecule has 27 heteroatoms. The summed E-state index contributed by atoms with van der Waals surface area (Å²) in [5.74, 6) is -4.76. The van der Waals surface area contributed by atoms with Gasteiger partial charge in [-0.1, -0.05) is 75.8 Å². The van der Waals surface area contributed by atoms with Gasteiger partial charge in [-0.15, -0.1) is 11.8 Å². The van der Waals surface area contributed by atoms with E-state index in [1.165, 1.54) is 43.0 Å². The zero-order valence-corrected chi connectivity index (χ0v) is 52.4. The smallest absolute Gasteiger partial charge is 0.481 e. The Bertz CT molecular complexity index is 3400. The molecule has 0 spiro atoms. The predicted octanol–water partition coefficient (Wildman–Crippen LogP) is 5.52. The highest BCUT2D eigenvalue weighted by atomic mass is 127. The highest BCUT2D eigenvalue weighted by Crippen LogP contribution is 2.47. The molecule has 8 rings (SSSR count). The zero-order valence-electron chi connectivity index (χ0n) is 49.4. The number of rotatable bonds is 29. The molecule has 4 aliphatic rings. The molecule has 4 aliphatic heterocycles. The van der Waals surface area contributed by atoms with Gasteiger partial charge >= 0.3 is 18.1 Å². The number of pyridine rings is 2. The molecule has 468 valence electrons. The van der Waals surface area contributed by atoms with Crippen molar-refractivity contribution in [1.29, 1.82) is 0 Å². The molecule has 0 radical (unpaired) electrons. The fourth-order valence-corrected chi connectivity index (χ4v) is 13.8. The number of anilines is 1. The average Bonchev–Trinajstić information content (AvgIpc) is 1.67. The van der Waals surface area contributed by atoms with Crippen molar-refractivity contribution in [1.82, 2.24) is 35.7 Å². The highest BCUT2D eigenvalue weighted by molar-refractivity contribution is 14.1. The van der Waals surface area contributed by atoms with Crippen LogP contribution >= 0.6 is 34.4 Å². The summed E-state index contributed by atoms with van der Waals surface area (Å²) >= 11 is 3.82. The lowest BCUT2D eigenvalue weighted by molar-refractivity contribution is -0.175. The van der Waals surface area contributed by atoms with Gasteiger partial charge in [-0.25, -0.2) is 14.6 Å². The molecule has 6 atom stereocenters. The maximum atomic E-state index is 14.4. The van der Waals surface area contributed by atoms with Crippen LogP contribution in [0, 0.1) is 5.92 Å². The van der Waals surface area contributed by atoms with Crippen molar-refractivity contribution in [2.24, 2.45) is 11.7 Å². The lowest BCUT2D eigenvalue weighted by Crippen LogP contribution is -2.55. The molecule has 1 fully saturated rings. The summed E-state index contributed by atoms with van der Waals surface area (Å²) in [5, 5.41) is 23.6. The number of carbonyl (C=O) groups is 9. The minimum atomic E-state index is -2.08. The Morgan fingerprint density at radius 2 is 1.66 bits per heavy atom. The van der Waals surface area contributed by atoms with Crippen molar-refractivity contribution in [2.45, 2.75) is 164 Å². The number of hydrogen-bond acceptors (Lipinski definition) is 19. The number of nitrogens with one attached hydrogen (secondary N) is 5. The molecular formula is C60H74IN9O16S. The second kappa shape index (κ2) is 28.6. The number of halogens is 1. The number of imide groups is 1. The Balaban J connectivity index is 0.874. The molecule has 2 aromatic carbocycles. The Hall–Kier alpha value is -7.37. The molecule has 25 nitrogen and oxygen atoms in total. The van der Waals surface area contributed by atoms with Crippen molar-refractivity contribution in [3.8, 4) is 22.9 Å². The third kappa shape index (κ3) is 15.1. The van der Waals surface area contributed by atoms with Gasteiger partial charge in [-0.05, 0) is 99.8 Å². The quantitative estimate of drug-likeness (QED) is 0.0102. The Kier molecular flexibility index (Phi) is 21.6. The van der Waals surface area contributed by atoms with Gasteiger partial charge in [-0.3, -0.25) is 43.3 Å². The summed E-state index contributed by atoms with van der Waals surface area (Å²) in [7, 11) is 0. The van der Waals surface area contributed by atoms with Crippen LogP contribution in [0.2, 0.25) is 0 Å². The first kappa shape index (κ1) is 65.6. The minimum absolute atomic E-state index is 0.0402. The summed E-state index contributed by atoms with van der Waals surface area (Å²) in [5.41, 5.74) is 7.33. The summed E-state index contributed by atoms with van der Waals surface area (Å²) in [4.78, 5) is 140. The van der Waals surface area contributed by atoms with E-state index in [-0.39, 0.29) is 103 Å². The van der Waals surface area contributed by atoms with Crippen LogP contribution in [0.4, 0.5) is 10.5 Å². The molecule has 0 saturated carbocycles. The largest absolute Gasteiger partial charge is 0.510 e. The molecular weight excluding hydrogens is 1260 g/mol. The van der Waals surface area contributed by atoms with Gasteiger partial charge in [0.1, 0.15) is 31.3 Å². The number of thioether (sulfide) groups is 1. The first-order chi connectivity index (χ1) is 41.5. The number of nitrogens with two attached hydrogens (primary N) is 1. The minimum Gasteiger partial charge on any atom is -0.481 e. The number of amides is 6. The van der Waals surface area contributed by atoms with E-state index in [0.29, 0.717) is 53.6 Å². The number of esters is 1. The number of fused-ring (bicyclic) bond motifs is 6. The number of likely N-dealkylation sites (tertiary alicyclic amines) is 1. The van der Waals surface area contributed by atoms with Crippen molar-refractivity contribution in [2.75, 3.05) is 31.7 Å². The van der Waals surface area contributed by atoms with Crippen molar-refractivity contribution in [3.63, 3.8) is 0 Å². The molecule has 2 aromatic heterocycles. The number of carboxylic acid groups (broad SMARTS) is 1. The maximum Gasteiger partial charge on any atom is 0.510 e. The first-order valence-corrected chi connectivity index (χ1v) is 31.2. The van der Waals surface area contributed by atoms with Gasteiger partial charge in [-0.2, -0.15) is 0 Å². The maximum absolute atomic E-state index is 14.4. The van der Waals surface area contributed by atoms with E-state index in [0.717, 1.165) is 47.1 Å². The average molecular weight is 1340 g/mol. The van der Waals surface area contributed by atoms with Crippen molar-refractivity contribution >= 4 is 104 Å². The van der Waals surface area contributed by atoms with E-state index in [9.17, 15) is 53.1 Å². The van der Waals surface area contributed by atoms with Crippen molar-refractivity contribution in [3.05, 3.63) is 80.6 Å². The lowest BCUT2D eigenvalue weighted by Gasteiger charge is -2.35. The van der Waals surface area contributed by atoms with Crippen LogP contribution in [-0.2, 0) is 84.5 Å². The summed E-state index contributed by atoms with van der Waals surface area (Å²) in [6, 6.07) is 7.51. The molecule has 6 heterocycles. The summed E-state index contributed by atoms with van der Waals surface area (Å²) in [6.07, 6.45) is 1.09. The van der Waals surface area contributed by atoms with Gasteiger partial charge in [0.05, 0.1) is 37.0 Å². The van der Waals surface area contributed by atoms with Gasteiger partial charge in [0.2, 0.25) is 47.8 Å². The number of carboxylic acids is 1. The second-order valence-electron chi connectivity index (χ2n) is 22.3. The van der Waals surface area contributed by atoms with Gasteiger partial charge in [0, 0.05) is 60.6 Å². The number of benzene rings is 2. The number of cyclic esters (lactones) is 1. The fraction of sp³-hybridized carbons (Fsp3) is 0.517. The van der Waals surface area contributed by atoms with Crippen LogP contribution in [0.3, 0.4) is 0 Å². The molecule has 6 amide bonds. The number of aliphatic carboxylic acids is 1. The number of nitrogens with zero attached hydrogens (tertiary/aromatic N) is 3. The number of ether oxygens (including phenoxy) is 5. The third-order valence-corrected chi connectivity index (χ3v) is 19.3. The van der Waals surface area contributed by atoms with E-state index in [1.54, 1.807) is 23.6 Å². The molecule has 8 N–H and O–H groups in total. The van der Waals surface area contributed by atoms with Gasteiger partial charge in [0.15, 0.2) is 11.5 Å². The number of hydrogen-bond donors (Lipinski definition) is 7. The molecule has 87 heavy (non-hydrogen) atoms. The lowest BCUT2D eigenvalue weighted by atomic mass is 9.85. The van der Waals surface area contributed by atoms with E-state index in [4.69, 9.17) is 34.4 Å². The normalized spacial score (nSPS) is 18.2. The van der Waals surface area contributed by atoms with E-state index in [2.05, 4.69) is 56.1 Å². The van der Waals surface area contributed by atoms with Crippen molar-refractivity contribution < 1.29 is 71.9 Å². The SMILES string of the molecule is CCCC(I)(CC)SC1CC(=O)N(CCC(=O)N[C@H](CC(C)C)C(=O)N[C@@H](C)C(=O)N[C@@H](CCC(=O)O)C(=O)Nc2ccc(COC(=O)O[C@]3(CC)C(=O)OCc4c3cc3n(c4=O)Cc4c-3nc3cc5c(cc3c4CNCCCN)OCO5)cc2)C1=O. The molecule has 4 aromatic rings. The molecule has 0 bridgehead atoms. The third-order valence-electron chi connectivity index (χ3n) is 15.6. The standard InChI is InChI=1S/C60H74IN9O16S/c1-7-18-59(61,8-2)87-47-26-49(72)69(56(47)79)21-17-48(71)66-43(22-32(4)5)54(77)64-33(6)52(75)68-41(15-16-50(73)74)53(76)65-35-13-11-34(12-14-35)29-83-58(81)86-60(9-3)40-24-44-51-38(28-70(44)55(78)39(40)30-82-57(60)80)37(27-63-20-10-19-62)36-23-45-46(85-31-84-45)25-42(36)67-51/h11-14,23-25,32-33,41,43,47,63H,7-10,15-22,26-31,62H2,1-6H3,(H,64,77)(H,65,76)(H,66,71)(H,68,75)(H,73,74)/t33-,41-,43+,47?,59?,60-/m0/s1. The summed E-state index contributed by atoms with van der Waals surface area (Å²) < 4.78 is 29.6. The van der Waals surface area contributed by atoms with E-state index < -0.39 is 82.7 Å². The van der Waals surface area contributed by atoms with Crippen LogP contribution in [0.25, 0.3) is 22.3 Å². The van der Waals surface area contributed by atoms with E-state index >= 15 is 0 Å². The van der Waals surface area contributed by atoms with Crippen LogP contribution in [0.1, 0.15) is 134 Å². The zero-order chi connectivity index (χ0) is 62.9. The van der Waals surface area contributed by atoms with Crippen LogP contribution in [0.5, 0.6) is 11.5 Å². The fourth-order valence-electron chi connectivity index (χ4n) is 10.9. The number of aromatic nitrogens is 2. The Morgan fingerprint density at radius 3 is 2.33 bits per heavy atom. The van der Waals surface area contributed by atoms with Gasteiger partial charge < -0.3 is 65.7 Å². The highest BCUT2D eigenvalue weighted by Gasteiger charge is 2.51. The second-order valence-corrected chi connectivity index (χ2v) is 26.6. The van der Waals surface area contributed by atoms with E-state index in [1.807, 2.05) is 26.8 Å².